The molecule has 1 fully saturated rings. The standard InChI is InChI=1S/C13H17N3O4/c1-3-20-13(17)8-15(10-4-5-10)12-6-9(2)11(7-14-12)16(18)19/h6-7,10H,3-5,8H2,1-2H3. The van der Waals surface area contributed by atoms with Crippen molar-refractivity contribution in [2.75, 3.05) is 18.1 Å². The van der Waals surface area contributed by atoms with Gasteiger partial charge in [0.15, 0.2) is 0 Å². The first-order valence-corrected chi connectivity index (χ1v) is 6.56. The summed E-state index contributed by atoms with van der Waals surface area (Å²) >= 11 is 0. The van der Waals surface area contributed by atoms with E-state index in [1.54, 1.807) is 19.9 Å². The molecule has 0 radical (unpaired) electrons. The monoisotopic (exact) mass is 279 g/mol. The molecular formula is C13H17N3O4. The van der Waals surface area contributed by atoms with Crippen LogP contribution in [0.1, 0.15) is 25.3 Å². The van der Waals surface area contributed by atoms with E-state index in [0.717, 1.165) is 12.8 Å². The summed E-state index contributed by atoms with van der Waals surface area (Å²) in [5, 5.41) is 10.8. The Hall–Kier alpha value is -2.18. The minimum Gasteiger partial charge on any atom is -0.465 e. The number of carbonyl (C=O) groups is 1. The van der Waals surface area contributed by atoms with E-state index in [-0.39, 0.29) is 24.2 Å². The van der Waals surface area contributed by atoms with Crippen molar-refractivity contribution in [2.45, 2.75) is 32.7 Å². The van der Waals surface area contributed by atoms with Gasteiger partial charge in [0, 0.05) is 11.6 Å². The lowest BCUT2D eigenvalue weighted by atomic mass is 10.2. The Morgan fingerprint density at radius 1 is 1.60 bits per heavy atom. The van der Waals surface area contributed by atoms with Crippen LogP contribution in [-0.4, -0.2) is 35.1 Å². The quantitative estimate of drug-likeness (QED) is 0.448. The molecule has 0 amide bonds. The molecular weight excluding hydrogens is 262 g/mol. The largest absolute Gasteiger partial charge is 0.465 e. The number of pyridine rings is 1. The van der Waals surface area contributed by atoms with Crippen LogP contribution in [0, 0.1) is 17.0 Å². The zero-order valence-electron chi connectivity index (χ0n) is 11.5. The molecule has 0 N–H and O–H groups in total. The lowest BCUT2D eigenvalue weighted by Gasteiger charge is -2.22. The second-order valence-electron chi connectivity index (χ2n) is 4.75. The van der Waals surface area contributed by atoms with Crippen LogP contribution in [0.2, 0.25) is 0 Å². The highest BCUT2D eigenvalue weighted by Crippen LogP contribution is 2.32. The van der Waals surface area contributed by atoms with Crippen LogP contribution >= 0.6 is 0 Å². The molecule has 7 heteroatoms. The van der Waals surface area contributed by atoms with Gasteiger partial charge in [-0.25, -0.2) is 4.98 Å². The van der Waals surface area contributed by atoms with E-state index in [1.165, 1.54) is 6.20 Å². The highest BCUT2D eigenvalue weighted by molar-refractivity contribution is 5.76. The van der Waals surface area contributed by atoms with Crippen molar-refractivity contribution >= 4 is 17.5 Å². The number of nitrogens with zero attached hydrogens (tertiary/aromatic N) is 3. The number of aromatic nitrogens is 1. The van der Waals surface area contributed by atoms with Gasteiger partial charge in [-0.05, 0) is 32.8 Å². The topological polar surface area (TPSA) is 85.6 Å². The molecule has 1 aromatic rings. The third-order valence-electron chi connectivity index (χ3n) is 3.15. The van der Waals surface area contributed by atoms with E-state index >= 15 is 0 Å². The van der Waals surface area contributed by atoms with Crippen molar-refractivity contribution in [1.82, 2.24) is 4.98 Å². The molecule has 1 aliphatic carbocycles. The van der Waals surface area contributed by atoms with Crippen molar-refractivity contribution in [3.63, 3.8) is 0 Å². The maximum absolute atomic E-state index is 11.6. The molecule has 0 aliphatic heterocycles. The molecule has 20 heavy (non-hydrogen) atoms. The average Bonchev–Trinajstić information content (AvgIpc) is 3.20. The summed E-state index contributed by atoms with van der Waals surface area (Å²) in [6.45, 7) is 3.89. The predicted molar refractivity (Wildman–Crippen MR) is 72.6 cm³/mol. The molecule has 0 atom stereocenters. The van der Waals surface area contributed by atoms with E-state index in [0.29, 0.717) is 18.0 Å². The minimum atomic E-state index is -0.459. The number of hydrogen-bond donors (Lipinski definition) is 0. The normalized spacial score (nSPS) is 13.9. The van der Waals surface area contributed by atoms with E-state index in [1.807, 2.05) is 4.90 Å². The van der Waals surface area contributed by atoms with E-state index in [2.05, 4.69) is 4.98 Å². The SMILES string of the molecule is CCOC(=O)CN(c1cc(C)c([N+](=O)[O-])cn1)C1CC1. The number of rotatable bonds is 6. The second-order valence-corrected chi connectivity index (χ2v) is 4.75. The fourth-order valence-electron chi connectivity index (χ4n) is 2.01. The van der Waals surface area contributed by atoms with Gasteiger partial charge in [-0.2, -0.15) is 0 Å². The fraction of sp³-hybridized carbons (Fsp3) is 0.538. The van der Waals surface area contributed by atoms with E-state index in [9.17, 15) is 14.9 Å². The Morgan fingerprint density at radius 2 is 2.30 bits per heavy atom. The van der Waals surface area contributed by atoms with Crippen LogP contribution in [0.3, 0.4) is 0 Å². The number of anilines is 1. The Balaban J connectivity index is 2.19. The van der Waals surface area contributed by atoms with Crippen LogP contribution in [-0.2, 0) is 9.53 Å². The lowest BCUT2D eigenvalue weighted by molar-refractivity contribution is -0.385. The number of aryl methyl sites for hydroxylation is 1. The van der Waals surface area contributed by atoms with Gasteiger partial charge in [0.05, 0.1) is 11.5 Å². The van der Waals surface area contributed by atoms with Crippen LogP contribution in [0.4, 0.5) is 11.5 Å². The van der Waals surface area contributed by atoms with Gasteiger partial charge >= 0.3 is 5.97 Å². The van der Waals surface area contributed by atoms with Gasteiger partial charge in [0.25, 0.3) is 5.69 Å². The third kappa shape index (κ3) is 3.23. The van der Waals surface area contributed by atoms with Crippen LogP contribution in [0.25, 0.3) is 0 Å². The van der Waals surface area contributed by atoms with Gasteiger partial charge in [-0.15, -0.1) is 0 Å². The molecule has 1 heterocycles. The first-order chi connectivity index (χ1) is 9.52. The maximum Gasteiger partial charge on any atom is 0.325 e. The molecule has 0 spiro atoms. The summed E-state index contributed by atoms with van der Waals surface area (Å²) in [7, 11) is 0. The third-order valence-corrected chi connectivity index (χ3v) is 3.15. The first kappa shape index (κ1) is 14.2. The summed E-state index contributed by atoms with van der Waals surface area (Å²) in [5.74, 6) is 0.279. The Morgan fingerprint density at radius 3 is 2.80 bits per heavy atom. The summed E-state index contributed by atoms with van der Waals surface area (Å²) in [4.78, 5) is 27.9. The average molecular weight is 279 g/mol. The molecule has 7 nitrogen and oxygen atoms in total. The molecule has 0 unspecified atom stereocenters. The summed E-state index contributed by atoms with van der Waals surface area (Å²) in [6.07, 6.45) is 3.24. The zero-order valence-corrected chi connectivity index (χ0v) is 11.5. The zero-order chi connectivity index (χ0) is 14.7. The number of carbonyl (C=O) groups excluding carboxylic acids is 1. The molecule has 1 aliphatic rings. The Kier molecular flexibility index (Phi) is 4.16. The van der Waals surface area contributed by atoms with Crippen molar-refractivity contribution < 1.29 is 14.5 Å². The van der Waals surface area contributed by atoms with Crippen molar-refractivity contribution in [1.29, 1.82) is 0 Å². The minimum absolute atomic E-state index is 0.0133. The van der Waals surface area contributed by atoms with E-state index < -0.39 is 4.92 Å². The van der Waals surface area contributed by atoms with Crippen LogP contribution < -0.4 is 4.90 Å². The molecule has 2 rings (SSSR count). The highest BCUT2D eigenvalue weighted by atomic mass is 16.6. The van der Waals surface area contributed by atoms with Gasteiger partial charge < -0.3 is 9.64 Å². The molecule has 108 valence electrons. The van der Waals surface area contributed by atoms with Crippen molar-refractivity contribution in [3.8, 4) is 0 Å². The van der Waals surface area contributed by atoms with Gasteiger partial charge in [0.1, 0.15) is 18.6 Å². The van der Waals surface area contributed by atoms with Gasteiger partial charge in [0.2, 0.25) is 0 Å². The Bertz CT molecular complexity index is 528. The highest BCUT2D eigenvalue weighted by Gasteiger charge is 2.32. The maximum atomic E-state index is 11.6. The number of ether oxygens (including phenoxy) is 1. The van der Waals surface area contributed by atoms with Crippen LogP contribution in [0.5, 0.6) is 0 Å². The van der Waals surface area contributed by atoms with Crippen LogP contribution in [0.15, 0.2) is 12.3 Å². The smallest absolute Gasteiger partial charge is 0.325 e. The first-order valence-electron chi connectivity index (χ1n) is 6.56. The molecule has 1 saturated carbocycles. The van der Waals surface area contributed by atoms with Crippen molar-refractivity contribution in [3.05, 3.63) is 27.9 Å². The van der Waals surface area contributed by atoms with E-state index in [4.69, 9.17) is 4.74 Å². The fourth-order valence-corrected chi connectivity index (χ4v) is 2.01. The number of hydrogen-bond acceptors (Lipinski definition) is 6. The molecule has 1 aromatic heterocycles. The van der Waals surface area contributed by atoms with Crippen molar-refractivity contribution in [2.24, 2.45) is 0 Å². The summed E-state index contributed by atoms with van der Waals surface area (Å²) in [5.41, 5.74) is 0.523. The predicted octanol–water partition coefficient (Wildman–Crippen LogP) is 1.83. The van der Waals surface area contributed by atoms with Gasteiger partial charge in [-0.1, -0.05) is 0 Å². The summed E-state index contributed by atoms with van der Waals surface area (Å²) < 4.78 is 4.95. The summed E-state index contributed by atoms with van der Waals surface area (Å²) in [6, 6.07) is 1.92. The Labute approximate surface area is 116 Å². The molecule has 0 aromatic carbocycles. The number of nitro groups is 1. The number of esters is 1. The molecule has 0 saturated heterocycles. The second kappa shape index (κ2) is 5.85. The van der Waals surface area contributed by atoms with Gasteiger partial charge in [-0.3, -0.25) is 14.9 Å². The molecule has 0 bridgehead atoms. The lowest BCUT2D eigenvalue weighted by Crippen LogP contribution is -2.33.